The SMILES string of the molecule is CCOc1ccc(N2CCN(C(=O)NCCCc3ccccc3)CC2)cc1. The number of nitrogens with one attached hydrogen (secondary N) is 1. The Balaban J connectivity index is 1.37. The summed E-state index contributed by atoms with van der Waals surface area (Å²) in [5.74, 6) is 0.898. The van der Waals surface area contributed by atoms with E-state index in [1.807, 2.05) is 30.0 Å². The van der Waals surface area contributed by atoms with E-state index < -0.39 is 0 Å². The van der Waals surface area contributed by atoms with Gasteiger partial charge in [-0.2, -0.15) is 0 Å². The van der Waals surface area contributed by atoms with E-state index in [0.717, 1.165) is 44.8 Å². The highest BCUT2D eigenvalue weighted by Gasteiger charge is 2.20. The molecule has 1 aliphatic heterocycles. The molecule has 1 fully saturated rings. The quantitative estimate of drug-likeness (QED) is 0.761. The van der Waals surface area contributed by atoms with Gasteiger partial charge in [-0.1, -0.05) is 30.3 Å². The summed E-state index contributed by atoms with van der Waals surface area (Å²) in [4.78, 5) is 16.6. The van der Waals surface area contributed by atoms with E-state index in [-0.39, 0.29) is 6.03 Å². The first-order chi connectivity index (χ1) is 13.3. The fourth-order valence-corrected chi connectivity index (χ4v) is 3.33. The van der Waals surface area contributed by atoms with Crippen molar-refractivity contribution in [2.24, 2.45) is 0 Å². The van der Waals surface area contributed by atoms with Crippen molar-refractivity contribution in [3.63, 3.8) is 0 Å². The molecular formula is C22H29N3O2. The third-order valence-corrected chi connectivity index (χ3v) is 4.84. The van der Waals surface area contributed by atoms with E-state index in [9.17, 15) is 4.79 Å². The second-order valence-corrected chi connectivity index (χ2v) is 6.72. The van der Waals surface area contributed by atoms with Crippen LogP contribution in [0.3, 0.4) is 0 Å². The van der Waals surface area contributed by atoms with Gasteiger partial charge in [0.15, 0.2) is 0 Å². The highest BCUT2D eigenvalue weighted by Crippen LogP contribution is 2.20. The Hall–Kier alpha value is -2.69. The Morgan fingerprint density at radius 3 is 2.37 bits per heavy atom. The number of rotatable bonds is 7. The highest BCUT2D eigenvalue weighted by molar-refractivity contribution is 5.74. The minimum atomic E-state index is 0.0504. The van der Waals surface area contributed by atoms with Crippen LogP contribution in [0, 0.1) is 0 Å². The molecule has 1 saturated heterocycles. The van der Waals surface area contributed by atoms with Crippen molar-refractivity contribution in [3.8, 4) is 5.75 Å². The number of anilines is 1. The molecule has 1 heterocycles. The van der Waals surface area contributed by atoms with Crippen molar-refractivity contribution in [2.45, 2.75) is 19.8 Å². The van der Waals surface area contributed by atoms with E-state index in [1.54, 1.807) is 0 Å². The van der Waals surface area contributed by atoms with Crippen LogP contribution in [0.25, 0.3) is 0 Å². The lowest BCUT2D eigenvalue weighted by Crippen LogP contribution is -2.52. The van der Waals surface area contributed by atoms with Crippen LogP contribution >= 0.6 is 0 Å². The number of urea groups is 1. The first-order valence-corrected chi connectivity index (χ1v) is 9.81. The topological polar surface area (TPSA) is 44.8 Å². The Labute approximate surface area is 161 Å². The molecule has 0 spiro atoms. The van der Waals surface area contributed by atoms with E-state index in [0.29, 0.717) is 13.2 Å². The fourth-order valence-electron chi connectivity index (χ4n) is 3.33. The zero-order valence-corrected chi connectivity index (χ0v) is 16.1. The Morgan fingerprint density at radius 2 is 1.70 bits per heavy atom. The van der Waals surface area contributed by atoms with Crippen LogP contribution in [0.15, 0.2) is 54.6 Å². The van der Waals surface area contributed by atoms with Gasteiger partial charge >= 0.3 is 6.03 Å². The van der Waals surface area contributed by atoms with E-state index >= 15 is 0 Å². The van der Waals surface area contributed by atoms with Gasteiger partial charge in [-0.3, -0.25) is 0 Å². The molecule has 2 aromatic rings. The lowest BCUT2D eigenvalue weighted by molar-refractivity contribution is 0.194. The number of hydrogen-bond acceptors (Lipinski definition) is 3. The van der Waals surface area contributed by atoms with Gasteiger partial charge in [-0.05, 0) is 49.6 Å². The van der Waals surface area contributed by atoms with Crippen molar-refractivity contribution in [1.82, 2.24) is 10.2 Å². The number of amides is 2. The lowest BCUT2D eigenvalue weighted by atomic mass is 10.1. The van der Waals surface area contributed by atoms with Crippen LogP contribution in [0.2, 0.25) is 0 Å². The van der Waals surface area contributed by atoms with Crippen molar-refractivity contribution in [1.29, 1.82) is 0 Å². The van der Waals surface area contributed by atoms with Crippen LogP contribution in [-0.4, -0.2) is 50.3 Å². The lowest BCUT2D eigenvalue weighted by Gasteiger charge is -2.36. The maximum atomic E-state index is 12.3. The van der Waals surface area contributed by atoms with Crippen molar-refractivity contribution < 1.29 is 9.53 Å². The van der Waals surface area contributed by atoms with Gasteiger partial charge in [0.05, 0.1) is 6.61 Å². The third-order valence-electron chi connectivity index (χ3n) is 4.84. The van der Waals surface area contributed by atoms with Gasteiger partial charge in [0, 0.05) is 38.4 Å². The zero-order valence-electron chi connectivity index (χ0n) is 16.1. The van der Waals surface area contributed by atoms with E-state index in [1.165, 1.54) is 11.3 Å². The second kappa shape index (κ2) is 9.86. The van der Waals surface area contributed by atoms with Crippen LogP contribution < -0.4 is 15.0 Å². The summed E-state index contributed by atoms with van der Waals surface area (Å²) in [5.41, 5.74) is 2.50. The number of aryl methyl sites for hydroxylation is 1. The molecule has 1 N–H and O–H groups in total. The predicted molar refractivity (Wildman–Crippen MR) is 110 cm³/mol. The average molecular weight is 367 g/mol. The molecule has 0 bridgehead atoms. The molecule has 0 atom stereocenters. The maximum Gasteiger partial charge on any atom is 0.317 e. The minimum absolute atomic E-state index is 0.0504. The summed E-state index contributed by atoms with van der Waals surface area (Å²) in [5, 5.41) is 3.05. The van der Waals surface area contributed by atoms with Gasteiger partial charge in [0.2, 0.25) is 0 Å². The van der Waals surface area contributed by atoms with Crippen molar-refractivity contribution in [2.75, 3.05) is 44.2 Å². The molecule has 0 saturated carbocycles. The number of nitrogens with zero attached hydrogens (tertiary/aromatic N) is 2. The second-order valence-electron chi connectivity index (χ2n) is 6.72. The number of benzene rings is 2. The number of ether oxygens (including phenoxy) is 1. The van der Waals surface area contributed by atoms with Gasteiger partial charge in [-0.25, -0.2) is 4.79 Å². The molecule has 2 aromatic carbocycles. The molecular weight excluding hydrogens is 338 g/mol. The molecule has 27 heavy (non-hydrogen) atoms. The molecule has 3 rings (SSSR count). The zero-order chi connectivity index (χ0) is 18.9. The first kappa shape index (κ1) is 19.1. The number of piperazine rings is 1. The number of hydrogen-bond donors (Lipinski definition) is 1. The molecule has 5 nitrogen and oxygen atoms in total. The summed E-state index contributed by atoms with van der Waals surface area (Å²) in [6.45, 7) is 6.58. The molecule has 1 aliphatic rings. The molecule has 144 valence electrons. The van der Waals surface area contributed by atoms with Crippen LogP contribution in [0.5, 0.6) is 5.75 Å². The summed E-state index contributed by atoms with van der Waals surface area (Å²) < 4.78 is 5.49. The molecule has 5 heteroatoms. The molecule has 0 unspecified atom stereocenters. The van der Waals surface area contributed by atoms with Gasteiger partial charge < -0.3 is 19.9 Å². The van der Waals surface area contributed by atoms with Crippen LogP contribution in [0.1, 0.15) is 18.9 Å². The van der Waals surface area contributed by atoms with Crippen LogP contribution in [-0.2, 0) is 6.42 Å². The Kier molecular flexibility index (Phi) is 6.97. The summed E-state index contributed by atoms with van der Waals surface area (Å²) in [6.07, 6.45) is 1.95. The Morgan fingerprint density at radius 1 is 1.00 bits per heavy atom. The standard InChI is InChI=1S/C22H29N3O2/c1-2-27-21-12-10-20(11-13-21)24-15-17-25(18-16-24)22(26)23-14-6-9-19-7-4-3-5-8-19/h3-5,7-8,10-13H,2,6,9,14-18H2,1H3,(H,23,26). The predicted octanol–water partition coefficient (Wildman–Crippen LogP) is 3.55. The molecule has 0 aromatic heterocycles. The summed E-state index contributed by atoms with van der Waals surface area (Å²) >= 11 is 0. The molecule has 2 amide bonds. The minimum Gasteiger partial charge on any atom is -0.494 e. The highest BCUT2D eigenvalue weighted by atomic mass is 16.5. The number of carbonyl (C=O) groups excluding carboxylic acids is 1. The normalized spacial score (nSPS) is 14.1. The monoisotopic (exact) mass is 367 g/mol. The maximum absolute atomic E-state index is 12.3. The largest absolute Gasteiger partial charge is 0.494 e. The van der Waals surface area contributed by atoms with Gasteiger partial charge in [0.1, 0.15) is 5.75 Å². The van der Waals surface area contributed by atoms with Crippen molar-refractivity contribution in [3.05, 3.63) is 60.2 Å². The fraction of sp³-hybridized carbons (Fsp3) is 0.409. The Bertz CT molecular complexity index is 695. The first-order valence-electron chi connectivity index (χ1n) is 9.81. The smallest absolute Gasteiger partial charge is 0.317 e. The van der Waals surface area contributed by atoms with Crippen LogP contribution in [0.4, 0.5) is 10.5 Å². The summed E-state index contributed by atoms with van der Waals surface area (Å²) in [6, 6.07) is 18.6. The van der Waals surface area contributed by atoms with Gasteiger partial charge in [-0.15, -0.1) is 0 Å². The average Bonchev–Trinajstić information content (AvgIpc) is 2.73. The van der Waals surface area contributed by atoms with Crippen molar-refractivity contribution >= 4 is 11.7 Å². The van der Waals surface area contributed by atoms with Gasteiger partial charge in [0.25, 0.3) is 0 Å². The van der Waals surface area contributed by atoms with E-state index in [4.69, 9.17) is 4.74 Å². The molecule has 0 aliphatic carbocycles. The van der Waals surface area contributed by atoms with E-state index in [2.05, 4.69) is 46.6 Å². The number of carbonyl (C=O) groups is 1. The third kappa shape index (κ3) is 5.64. The summed E-state index contributed by atoms with van der Waals surface area (Å²) in [7, 11) is 0. The molecule has 0 radical (unpaired) electrons.